The molecule has 0 aliphatic carbocycles. The predicted octanol–water partition coefficient (Wildman–Crippen LogP) is -0.491. The SMILES string of the molecule is CCOC(=O)c1cnn(Cc2nnn(CC)n2)n1. The first kappa shape index (κ1) is 12.1. The molecule has 0 N–H and O–H groups in total. The first-order valence-corrected chi connectivity index (χ1v) is 5.56. The summed E-state index contributed by atoms with van der Waals surface area (Å²) in [5, 5.41) is 19.7. The second kappa shape index (κ2) is 5.34. The highest BCUT2D eigenvalue weighted by atomic mass is 16.5. The zero-order chi connectivity index (χ0) is 13.0. The fraction of sp³-hybridized carbons (Fsp3) is 0.556. The molecule has 9 heteroatoms. The molecule has 0 fully saturated rings. The van der Waals surface area contributed by atoms with Crippen LogP contribution in [-0.2, 0) is 17.8 Å². The van der Waals surface area contributed by atoms with Gasteiger partial charge in [-0.2, -0.15) is 14.7 Å². The van der Waals surface area contributed by atoms with Crippen LogP contribution in [0.1, 0.15) is 30.2 Å². The quantitative estimate of drug-likeness (QED) is 0.661. The maximum atomic E-state index is 11.4. The smallest absolute Gasteiger partial charge is 0.360 e. The van der Waals surface area contributed by atoms with E-state index in [9.17, 15) is 4.79 Å². The Morgan fingerprint density at radius 3 is 2.83 bits per heavy atom. The summed E-state index contributed by atoms with van der Waals surface area (Å²) in [6.45, 7) is 4.86. The van der Waals surface area contributed by atoms with E-state index in [2.05, 4.69) is 25.6 Å². The zero-order valence-electron chi connectivity index (χ0n) is 10.1. The lowest BCUT2D eigenvalue weighted by molar-refractivity contribution is 0.0518. The first-order chi connectivity index (χ1) is 8.72. The summed E-state index contributed by atoms with van der Waals surface area (Å²) in [4.78, 5) is 14.2. The Labute approximate surface area is 103 Å². The Kier molecular flexibility index (Phi) is 3.60. The second-order valence-corrected chi connectivity index (χ2v) is 3.37. The highest BCUT2D eigenvalue weighted by molar-refractivity contribution is 5.86. The number of nitrogens with zero attached hydrogens (tertiary/aromatic N) is 7. The van der Waals surface area contributed by atoms with Crippen LogP contribution in [0.2, 0.25) is 0 Å². The van der Waals surface area contributed by atoms with E-state index in [1.54, 1.807) is 6.92 Å². The Hall–Kier alpha value is -2.32. The normalized spacial score (nSPS) is 10.6. The molecule has 0 unspecified atom stereocenters. The van der Waals surface area contributed by atoms with Gasteiger partial charge in [-0.25, -0.2) is 4.79 Å². The lowest BCUT2D eigenvalue weighted by Crippen LogP contribution is -2.09. The first-order valence-electron chi connectivity index (χ1n) is 5.56. The molecule has 2 rings (SSSR count). The van der Waals surface area contributed by atoms with Crippen molar-refractivity contribution in [2.24, 2.45) is 0 Å². The summed E-state index contributed by atoms with van der Waals surface area (Å²) in [5.41, 5.74) is 0.166. The van der Waals surface area contributed by atoms with Crippen LogP contribution in [0, 0.1) is 0 Å². The monoisotopic (exact) mass is 251 g/mol. The van der Waals surface area contributed by atoms with Crippen LogP contribution in [0.4, 0.5) is 0 Å². The van der Waals surface area contributed by atoms with Gasteiger partial charge in [0, 0.05) is 0 Å². The summed E-state index contributed by atoms with van der Waals surface area (Å²) >= 11 is 0. The summed E-state index contributed by atoms with van der Waals surface area (Å²) in [6.07, 6.45) is 1.35. The van der Waals surface area contributed by atoms with Crippen LogP contribution in [0.25, 0.3) is 0 Å². The van der Waals surface area contributed by atoms with Crippen molar-refractivity contribution >= 4 is 5.97 Å². The van der Waals surface area contributed by atoms with Crippen molar-refractivity contribution in [1.82, 2.24) is 35.2 Å². The van der Waals surface area contributed by atoms with Gasteiger partial charge in [-0.05, 0) is 19.1 Å². The molecule has 0 radical (unpaired) electrons. The average molecular weight is 251 g/mol. The van der Waals surface area contributed by atoms with Crippen molar-refractivity contribution in [3.8, 4) is 0 Å². The number of hydrogen-bond donors (Lipinski definition) is 0. The van der Waals surface area contributed by atoms with Gasteiger partial charge < -0.3 is 4.74 Å². The molecule has 0 amide bonds. The van der Waals surface area contributed by atoms with Gasteiger partial charge in [0.2, 0.25) is 0 Å². The molecule has 0 aromatic carbocycles. The van der Waals surface area contributed by atoms with E-state index in [4.69, 9.17) is 4.74 Å². The Balaban J connectivity index is 2.04. The lowest BCUT2D eigenvalue weighted by Gasteiger charge is -1.96. The van der Waals surface area contributed by atoms with Crippen LogP contribution in [-0.4, -0.2) is 47.8 Å². The minimum atomic E-state index is -0.492. The number of tetrazole rings is 1. The van der Waals surface area contributed by atoms with Crippen LogP contribution in [0.3, 0.4) is 0 Å². The molecule has 0 atom stereocenters. The topological polar surface area (TPSA) is 101 Å². The summed E-state index contributed by atoms with van der Waals surface area (Å²) in [7, 11) is 0. The minimum Gasteiger partial charge on any atom is -0.461 e. The molecule has 0 bridgehead atoms. The van der Waals surface area contributed by atoms with Crippen LogP contribution >= 0.6 is 0 Å². The van der Waals surface area contributed by atoms with E-state index in [1.165, 1.54) is 15.8 Å². The molecule has 0 aliphatic rings. The van der Waals surface area contributed by atoms with Gasteiger partial charge in [-0.1, -0.05) is 0 Å². The maximum Gasteiger partial charge on any atom is 0.360 e. The van der Waals surface area contributed by atoms with Crippen LogP contribution in [0.5, 0.6) is 0 Å². The summed E-state index contributed by atoms with van der Waals surface area (Å²) in [6, 6.07) is 0. The lowest BCUT2D eigenvalue weighted by atomic mass is 10.5. The van der Waals surface area contributed by atoms with Crippen molar-refractivity contribution in [2.75, 3.05) is 6.61 Å². The number of esters is 1. The van der Waals surface area contributed by atoms with Crippen molar-refractivity contribution in [2.45, 2.75) is 26.9 Å². The number of hydrogen-bond acceptors (Lipinski definition) is 7. The number of ether oxygens (including phenoxy) is 1. The Morgan fingerprint density at radius 1 is 1.33 bits per heavy atom. The van der Waals surface area contributed by atoms with E-state index in [0.717, 1.165) is 0 Å². The van der Waals surface area contributed by atoms with Gasteiger partial charge in [0.05, 0.1) is 19.3 Å². The number of carbonyl (C=O) groups is 1. The summed E-state index contributed by atoms with van der Waals surface area (Å²) in [5.74, 6) is -0.00298. The molecule has 0 aliphatic heterocycles. The van der Waals surface area contributed by atoms with Crippen molar-refractivity contribution in [3.63, 3.8) is 0 Å². The third-order valence-electron chi connectivity index (χ3n) is 2.08. The molecule has 2 aromatic rings. The molecule has 9 nitrogen and oxygen atoms in total. The van der Waals surface area contributed by atoms with Gasteiger partial charge >= 0.3 is 5.97 Å². The van der Waals surface area contributed by atoms with Crippen molar-refractivity contribution in [3.05, 3.63) is 17.7 Å². The van der Waals surface area contributed by atoms with Gasteiger partial charge in [0.1, 0.15) is 6.54 Å². The molecule has 18 heavy (non-hydrogen) atoms. The van der Waals surface area contributed by atoms with E-state index >= 15 is 0 Å². The van der Waals surface area contributed by atoms with Crippen LogP contribution in [0.15, 0.2) is 6.20 Å². The molecule has 0 saturated heterocycles. The molecule has 2 heterocycles. The summed E-state index contributed by atoms with van der Waals surface area (Å²) < 4.78 is 4.81. The minimum absolute atomic E-state index is 0.166. The third-order valence-corrected chi connectivity index (χ3v) is 2.08. The molecule has 2 aromatic heterocycles. The second-order valence-electron chi connectivity index (χ2n) is 3.37. The fourth-order valence-electron chi connectivity index (χ4n) is 1.27. The Bertz CT molecular complexity index is 533. The number of carbonyl (C=O) groups excluding carboxylic acids is 1. The highest BCUT2D eigenvalue weighted by Crippen LogP contribution is 1.97. The number of aryl methyl sites for hydroxylation is 1. The largest absolute Gasteiger partial charge is 0.461 e. The van der Waals surface area contributed by atoms with Crippen molar-refractivity contribution < 1.29 is 9.53 Å². The highest BCUT2D eigenvalue weighted by Gasteiger charge is 2.12. The van der Waals surface area contributed by atoms with E-state index in [-0.39, 0.29) is 12.2 Å². The average Bonchev–Trinajstić information content (AvgIpc) is 2.99. The molecule has 0 spiro atoms. The molecular formula is C9H13N7O2. The van der Waals surface area contributed by atoms with E-state index in [0.29, 0.717) is 19.0 Å². The van der Waals surface area contributed by atoms with E-state index in [1.807, 2.05) is 6.92 Å². The van der Waals surface area contributed by atoms with Gasteiger partial charge in [0.15, 0.2) is 11.5 Å². The zero-order valence-corrected chi connectivity index (χ0v) is 10.1. The van der Waals surface area contributed by atoms with Gasteiger partial charge in [-0.15, -0.1) is 15.3 Å². The fourth-order valence-corrected chi connectivity index (χ4v) is 1.27. The Morgan fingerprint density at radius 2 is 2.17 bits per heavy atom. The molecule has 0 saturated carbocycles. The van der Waals surface area contributed by atoms with Crippen molar-refractivity contribution in [1.29, 1.82) is 0 Å². The van der Waals surface area contributed by atoms with Gasteiger partial charge in [-0.3, -0.25) is 0 Å². The predicted molar refractivity (Wildman–Crippen MR) is 58.6 cm³/mol. The number of aromatic nitrogens is 7. The molecule has 96 valence electrons. The molecular weight excluding hydrogens is 238 g/mol. The maximum absolute atomic E-state index is 11.4. The van der Waals surface area contributed by atoms with E-state index < -0.39 is 5.97 Å². The van der Waals surface area contributed by atoms with Gasteiger partial charge in [0.25, 0.3) is 0 Å². The number of rotatable bonds is 5. The van der Waals surface area contributed by atoms with Crippen LogP contribution < -0.4 is 0 Å². The standard InChI is InChI=1S/C9H13N7O2/c1-3-15-13-8(11-14-15)6-16-10-5-7(12-16)9(17)18-4-2/h5H,3-4,6H2,1-2H3. The third kappa shape index (κ3) is 2.67.